The summed E-state index contributed by atoms with van der Waals surface area (Å²) in [5.41, 5.74) is 0.282. The molecular weight excluding hydrogens is 368 g/mol. The fourth-order valence-corrected chi connectivity index (χ4v) is 5.98. The fraction of sp³-hybridized carbons (Fsp3) is 0.550. The van der Waals surface area contributed by atoms with Gasteiger partial charge in [-0.2, -0.15) is 0 Å². The second-order valence-electron chi connectivity index (χ2n) is 7.60. The predicted octanol–water partition coefficient (Wildman–Crippen LogP) is 4.08. The molecule has 4 nitrogen and oxygen atoms in total. The smallest absolute Gasteiger partial charge is 0.261 e. The number of halogens is 1. The molecule has 1 atom stereocenters. The molecule has 6 heteroatoms. The summed E-state index contributed by atoms with van der Waals surface area (Å²) in [4.78, 5) is 16.4. The molecule has 4 fully saturated rings. The van der Waals surface area contributed by atoms with Gasteiger partial charge in [-0.25, -0.2) is 0 Å². The van der Waals surface area contributed by atoms with E-state index in [1.807, 2.05) is 25.1 Å². The van der Waals surface area contributed by atoms with Gasteiger partial charge in [0.2, 0.25) is 0 Å². The van der Waals surface area contributed by atoms with Gasteiger partial charge in [0.25, 0.3) is 5.91 Å². The number of thiophene rings is 1. The molecule has 3 saturated heterocycles. The third-order valence-corrected chi connectivity index (χ3v) is 7.46. The first-order valence-electron chi connectivity index (χ1n) is 9.42. The Bertz CT molecular complexity index is 824. The number of piperidine rings is 3. The van der Waals surface area contributed by atoms with Crippen LogP contribution in [0.5, 0.6) is 5.75 Å². The first kappa shape index (κ1) is 18.1. The summed E-state index contributed by atoms with van der Waals surface area (Å²) in [5.74, 6) is 1.63. The molecule has 4 heterocycles. The number of benzene rings is 1. The number of hydrogen-bond donors (Lipinski definition) is 1. The van der Waals surface area contributed by atoms with Gasteiger partial charge in [0.15, 0.2) is 0 Å². The van der Waals surface area contributed by atoms with E-state index in [4.69, 9.17) is 4.74 Å². The molecule has 1 N–H and O–H groups in total. The molecule has 2 aromatic rings. The van der Waals surface area contributed by atoms with E-state index in [-0.39, 0.29) is 23.9 Å². The first-order valence-corrected chi connectivity index (χ1v) is 10.2. The maximum absolute atomic E-state index is 13.0. The Labute approximate surface area is 164 Å². The second kappa shape index (κ2) is 6.70. The van der Waals surface area contributed by atoms with E-state index in [0.717, 1.165) is 20.7 Å². The van der Waals surface area contributed by atoms with Gasteiger partial charge < -0.3 is 10.1 Å². The van der Waals surface area contributed by atoms with Crippen LogP contribution in [0.4, 0.5) is 0 Å². The Balaban J connectivity index is 0.00000168. The molecule has 1 saturated carbocycles. The zero-order chi connectivity index (χ0) is 17.0. The molecule has 1 spiro atoms. The molecule has 0 radical (unpaired) electrons. The van der Waals surface area contributed by atoms with E-state index in [0.29, 0.717) is 18.6 Å². The highest BCUT2D eigenvalue weighted by Gasteiger charge is 2.60. The van der Waals surface area contributed by atoms with Gasteiger partial charge in [0.1, 0.15) is 5.75 Å². The third kappa shape index (κ3) is 2.72. The quantitative estimate of drug-likeness (QED) is 0.852. The lowest BCUT2D eigenvalue weighted by Gasteiger charge is -2.52. The van der Waals surface area contributed by atoms with Crippen LogP contribution in [0, 0.1) is 5.92 Å². The zero-order valence-electron chi connectivity index (χ0n) is 15.0. The first-order chi connectivity index (χ1) is 12.2. The topological polar surface area (TPSA) is 41.6 Å². The summed E-state index contributed by atoms with van der Waals surface area (Å²) in [6.07, 6.45) is 4.95. The van der Waals surface area contributed by atoms with E-state index in [2.05, 4.69) is 16.3 Å². The number of carbonyl (C=O) groups excluding carboxylic acids is 1. The normalized spacial score (nSPS) is 28.0. The number of fused-ring (bicyclic) bond motifs is 3. The monoisotopic (exact) mass is 392 g/mol. The highest BCUT2D eigenvalue weighted by Crippen LogP contribution is 2.53. The van der Waals surface area contributed by atoms with Crippen LogP contribution < -0.4 is 10.1 Å². The number of nitrogens with zero attached hydrogens (tertiary/aromatic N) is 1. The standard InChI is InChI=1S/C20H24N2O2S.ClH/c1-2-24-15-5-3-4-14-12-16(25-17(14)15)19(23)21-18-13-6-10-22(11-7-13)20(18)8-9-20;/h3-5,12-13,18H,2,6-11H2,1H3,(H,21,23);1H/t18-;/m1./s1. The lowest BCUT2D eigenvalue weighted by molar-refractivity contribution is -0.00138. The van der Waals surface area contributed by atoms with Crippen LogP contribution in [-0.4, -0.2) is 42.1 Å². The number of amides is 1. The van der Waals surface area contributed by atoms with Gasteiger partial charge in [-0.3, -0.25) is 9.69 Å². The third-order valence-electron chi connectivity index (χ3n) is 6.30. The van der Waals surface area contributed by atoms with Crippen molar-refractivity contribution in [1.82, 2.24) is 10.2 Å². The summed E-state index contributed by atoms with van der Waals surface area (Å²) in [6, 6.07) is 8.38. The number of carbonyl (C=O) groups is 1. The van der Waals surface area contributed by atoms with Gasteiger partial charge in [-0.15, -0.1) is 23.7 Å². The average Bonchev–Trinajstić information content (AvgIpc) is 3.28. The van der Waals surface area contributed by atoms with Crippen molar-refractivity contribution >= 4 is 39.7 Å². The summed E-state index contributed by atoms with van der Waals surface area (Å²) in [7, 11) is 0. The van der Waals surface area contributed by atoms with Gasteiger partial charge in [-0.1, -0.05) is 12.1 Å². The molecule has 2 bridgehead atoms. The van der Waals surface area contributed by atoms with Crippen molar-refractivity contribution in [2.75, 3.05) is 19.7 Å². The van der Waals surface area contributed by atoms with E-state index in [1.54, 1.807) is 11.3 Å². The molecule has 26 heavy (non-hydrogen) atoms. The van der Waals surface area contributed by atoms with Crippen LogP contribution in [0.15, 0.2) is 24.3 Å². The number of hydrogen-bond acceptors (Lipinski definition) is 4. The maximum Gasteiger partial charge on any atom is 0.261 e. The number of ether oxygens (including phenoxy) is 1. The minimum Gasteiger partial charge on any atom is -0.492 e. The van der Waals surface area contributed by atoms with Gasteiger partial charge in [-0.05, 0) is 69.1 Å². The summed E-state index contributed by atoms with van der Waals surface area (Å²) < 4.78 is 6.79. The van der Waals surface area contributed by atoms with Gasteiger partial charge in [0.05, 0.1) is 22.2 Å². The SMILES string of the molecule is CCOc1cccc2cc(C(=O)N[C@@H]3C4CCN(CC4)C34CC4)sc12.Cl. The molecule has 3 aliphatic heterocycles. The van der Waals surface area contributed by atoms with Crippen molar-refractivity contribution in [3.63, 3.8) is 0 Å². The van der Waals surface area contributed by atoms with Crippen LogP contribution in [0.25, 0.3) is 10.1 Å². The van der Waals surface area contributed by atoms with Crippen molar-refractivity contribution in [2.24, 2.45) is 5.92 Å². The molecule has 1 aromatic carbocycles. The van der Waals surface area contributed by atoms with Crippen LogP contribution in [-0.2, 0) is 0 Å². The van der Waals surface area contributed by atoms with Crippen LogP contribution in [0.3, 0.4) is 0 Å². The number of nitrogens with one attached hydrogen (secondary N) is 1. The van der Waals surface area contributed by atoms with Crippen molar-refractivity contribution in [3.8, 4) is 5.75 Å². The molecular formula is C20H25ClN2O2S. The lowest BCUT2D eigenvalue weighted by atomic mass is 9.77. The molecule has 1 amide bonds. The van der Waals surface area contributed by atoms with E-state index < -0.39 is 0 Å². The zero-order valence-corrected chi connectivity index (χ0v) is 16.6. The molecule has 6 rings (SSSR count). The Hall–Kier alpha value is -1.30. The predicted molar refractivity (Wildman–Crippen MR) is 108 cm³/mol. The highest BCUT2D eigenvalue weighted by molar-refractivity contribution is 7.21. The van der Waals surface area contributed by atoms with E-state index in [1.165, 1.54) is 38.8 Å². The van der Waals surface area contributed by atoms with Crippen molar-refractivity contribution in [3.05, 3.63) is 29.1 Å². The minimum atomic E-state index is 0. The van der Waals surface area contributed by atoms with Crippen LogP contribution in [0.1, 0.15) is 42.3 Å². The number of rotatable bonds is 4. The van der Waals surface area contributed by atoms with Gasteiger partial charge >= 0.3 is 0 Å². The maximum atomic E-state index is 13.0. The molecule has 1 aliphatic carbocycles. The Morgan fingerprint density at radius 2 is 2.12 bits per heavy atom. The van der Waals surface area contributed by atoms with Crippen molar-refractivity contribution in [2.45, 2.75) is 44.2 Å². The van der Waals surface area contributed by atoms with E-state index in [9.17, 15) is 4.79 Å². The Kier molecular flexibility index (Phi) is 4.66. The summed E-state index contributed by atoms with van der Waals surface area (Å²) in [5, 5.41) is 4.51. The average molecular weight is 393 g/mol. The molecule has 0 unspecified atom stereocenters. The van der Waals surface area contributed by atoms with Crippen LogP contribution in [0.2, 0.25) is 0 Å². The molecule has 140 valence electrons. The van der Waals surface area contributed by atoms with Crippen LogP contribution >= 0.6 is 23.7 Å². The fourth-order valence-electron chi connectivity index (χ4n) is 4.95. The lowest BCUT2D eigenvalue weighted by Crippen LogP contribution is -2.65. The summed E-state index contributed by atoms with van der Waals surface area (Å²) in [6.45, 7) is 5.07. The second-order valence-corrected chi connectivity index (χ2v) is 8.65. The van der Waals surface area contributed by atoms with Gasteiger partial charge in [0, 0.05) is 5.54 Å². The minimum absolute atomic E-state index is 0. The highest BCUT2D eigenvalue weighted by atomic mass is 35.5. The molecule has 1 aromatic heterocycles. The van der Waals surface area contributed by atoms with Crippen molar-refractivity contribution < 1.29 is 9.53 Å². The van der Waals surface area contributed by atoms with Crippen molar-refractivity contribution in [1.29, 1.82) is 0 Å². The summed E-state index contributed by atoms with van der Waals surface area (Å²) >= 11 is 1.55. The molecule has 4 aliphatic rings. The largest absolute Gasteiger partial charge is 0.492 e. The Morgan fingerprint density at radius 3 is 2.81 bits per heavy atom. The Morgan fingerprint density at radius 1 is 1.35 bits per heavy atom. The van der Waals surface area contributed by atoms with E-state index >= 15 is 0 Å².